The zero-order valence-corrected chi connectivity index (χ0v) is 17.3. The van der Waals surface area contributed by atoms with Gasteiger partial charge in [0.15, 0.2) is 5.82 Å². The number of aliphatic hydroxyl groups excluding tert-OH is 1. The minimum Gasteiger partial charge on any atom is -0.393 e. The van der Waals surface area contributed by atoms with Gasteiger partial charge in [-0.15, -0.1) is 6.58 Å². The van der Waals surface area contributed by atoms with Crippen molar-refractivity contribution in [3.8, 4) is 22.3 Å². The van der Waals surface area contributed by atoms with E-state index < -0.39 is 0 Å². The van der Waals surface area contributed by atoms with Gasteiger partial charge < -0.3 is 5.11 Å². The van der Waals surface area contributed by atoms with Crippen molar-refractivity contribution in [3.63, 3.8) is 0 Å². The fourth-order valence-corrected chi connectivity index (χ4v) is 3.20. The third-order valence-electron chi connectivity index (χ3n) is 4.90. The molecule has 0 fully saturated rings. The normalized spacial score (nSPS) is 12.2. The molecule has 0 bridgehead atoms. The topological polar surface area (TPSA) is 46.0 Å². The Labute approximate surface area is 177 Å². The van der Waals surface area contributed by atoms with Gasteiger partial charge in [-0.2, -0.15) is 0 Å². The predicted molar refractivity (Wildman–Crippen MR) is 121 cm³/mol. The van der Waals surface area contributed by atoms with E-state index in [9.17, 15) is 9.50 Å². The lowest BCUT2D eigenvalue weighted by atomic mass is 10.00. The van der Waals surface area contributed by atoms with Gasteiger partial charge in [0.2, 0.25) is 0 Å². The van der Waals surface area contributed by atoms with Gasteiger partial charge in [0.05, 0.1) is 6.10 Å². The number of hydrogen-bond donors (Lipinski definition) is 1. The summed E-state index contributed by atoms with van der Waals surface area (Å²) in [5.74, 6) is 0.460. The molecule has 0 amide bonds. The summed E-state index contributed by atoms with van der Waals surface area (Å²) in [6, 6.07) is 13.3. The Morgan fingerprint density at radius 1 is 1.00 bits per heavy atom. The molecule has 0 saturated heterocycles. The molecular weight excluding hydrogens is 375 g/mol. The second-order valence-electron chi connectivity index (χ2n) is 7.39. The predicted octanol–water partition coefficient (Wildman–Crippen LogP) is 6.24. The van der Waals surface area contributed by atoms with Crippen LogP contribution in [0, 0.1) is 5.82 Å². The Kier molecular flexibility index (Phi) is 7.63. The van der Waals surface area contributed by atoms with Gasteiger partial charge in [-0.25, -0.2) is 14.4 Å². The van der Waals surface area contributed by atoms with Crippen LogP contribution < -0.4 is 0 Å². The molecule has 3 aromatic rings. The van der Waals surface area contributed by atoms with Crippen molar-refractivity contribution >= 4 is 6.08 Å². The van der Waals surface area contributed by atoms with Crippen LogP contribution in [-0.2, 0) is 6.42 Å². The molecule has 1 heterocycles. The number of halogens is 1. The van der Waals surface area contributed by atoms with E-state index in [2.05, 4.69) is 16.5 Å². The molecule has 30 heavy (non-hydrogen) atoms. The molecule has 1 N–H and O–H groups in total. The lowest BCUT2D eigenvalue weighted by Gasteiger charge is -2.07. The monoisotopic (exact) mass is 402 g/mol. The fourth-order valence-electron chi connectivity index (χ4n) is 3.20. The average Bonchev–Trinajstić information content (AvgIpc) is 2.75. The van der Waals surface area contributed by atoms with Crippen LogP contribution in [0.1, 0.15) is 37.6 Å². The van der Waals surface area contributed by atoms with Crippen LogP contribution in [0.2, 0.25) is 0 Å². The van der Waals surface area contributed by atoms with Gasteiger partial charge in [0, 0.05) is 18.0 Å². The van der Waals surface area contributed by atoms with E-state index in [0.29, 0.717) is 17.8 Å². The van der Waals surface area contributed by atoms with Gasteiger partial charge >= 0.3 is 0 Å². The molecule has 0 aliphatic heterocycles. The molecule has 0 aliphatic rings. The first kappa shape index (κ1) is 21.6. The van der Waals surface area contributed by atoms with Crippen LogP contribution in [0.25, 0.3) is 28.3 Å². The summed E-state index contributed by atoms with van der Waals surface area (Å²) in [6.07, 6.45) is 12.2. The Hall–Kier alpha value is -3.11. The second-order valence-corrected chi connectivity index (χ2v) is 7.39. The van der Waals surface area contributed by atoms with Crippen LogP contribution in [0.3, 0.4) is 0 Å². The van der Waals surface area contributed by atoms with E-state index >= 15 is 0 Å². The molecule has 0 spiro atoms. The third-order valence-corrected chi connectivity index (χ3v) is 4.90. The number of unbranched alkanes of at least 4 members (excludes halogenated alkanes) is 1. The fraction of sp³-hybridized carbons (Fsp3) is 0.231. The van der Waals surface area contributed by atoms with Crippen molar-refractivity contribution in [2.24, 2.45) is 0 Å². The average molecular weight is 403 g/mol. The summed E-state index contributed by atoms with van der Waals surface area (Å²) in [5, 5.41) is 9.26. The largest absolute Gasteiger partial charge is 0.393 e. The maximum atomic E-state index is 14.2. The second kappa shape index (κ2) is 10.6. The van der Waals surface area contributed by atoms with Crippen LogP contribution in [0.15, 0.2) is 73.6 Å². The van der Waals surface area contributed by atoms with Crippen molar-refractivity contribution in [1.82, 2.24) is 9.97 Å². The van der Waals surface area contributed by atoms with Crippen LogP contribution in [0.5, 0.6) is 0 Å². The van der Waals surface area contributed by atoms with Gasteiger partial charge in [-0.1, -0.05) is 48.6 Å². The summed E-state index contributed by atoms with van der Waals surface area (Å²) >= 11 is 0. The number of aliphatic hydroxyl groups is 1. The Balaban J connectivity index is 1.65. The van der Waals surface area contributed by atoms with Gasteiger partial charge in [-0.05, 0) is 67.0 Å². The van der Waals surface area contributed by atoms with E-state index in [-0.39, 0.29) is 11.9 Å². The van der Waals surface area contributed by atoms with E-state index in [4.69, 9.17) is 0 Å². The SMILES string of the molecule is C=CCc1ccc(-c2ccc(-c3cnc(C=CCCCC(C)O)nc3)cc2)cc1F. The third kappa shape index (κ3) is 5.94. The van der Waals surface area contributed by atoms with Crippen LogP contribution in [-0.4, -0.2) is 21.2 Å². The molecule has 3 rings (SSSR count). The molecule has 1 unspecified atom stereocenters. The molecule has 1 atom stereocenters. The van der Waals surface area contributed by atoms with Crippen molar-refractivity contribution in [2.45, 2.75) is 38.7 Å². The number of allylic oxidation sites excluding steroid dienone is 2. The molecule has 2 aromatic carbocycles. The molecule has 0 radical (unpaired) electrons. The maximum absolute atomic E-state index is 14.2. The van der Waals surface area contributed by atoms with E-state index in [1.165, 1.54) is 0 Å². The quantitative estimate of drug-likeness (QED) is 0.340. The van der Waals surface area contributed by atoms with Crippen LogP contribution in [0.4, 0.5) is 4.39 Å². The van der Waals surface area contributed by atoms with Gasteiger partial charge in [0.1, 0.15) is 5.82 Å². The van der Waals surface area contributed by atoms with Gasteiger partial charge in [-0.3, -0.25) is 0 Å². The zero-order valence-electron chi connectivity index (χ0n) is 17.3. The van der Waals surface area contributed by atoms with E-state index in [0.717, 1.165) is 41.5 Å². The highest BCUT2D eigenvalue weighted by atomic mass is 19.1. The number of nitrogens with zero attached hydrogens (tertiary/aromatic N) is 2. The zero-order chi connectivity index (χ0) is 21.3. The molecule has 0 saturated carbocycles. The molecule has 0 aliphatic carbocycles. The number of hydrogen-bond acceptors (Lipinski definition) is 3. The maximum Gasteiger partial charge on any atom is 0.151 e. The Morgan fingerprint density at radius 3 is 2.23 bits per heavy atom. The smallest absolute Gasteiger partial charge is 0.151 e. The number of aromatic nitrogens is 2. The van der Waals surface area contributed by atoms with E-state index in [1.807, 2.05) is 48.6 Å². The highest BCUT2D eigenvalue weighted by molar-refractivity contribution is 5.70. The lowest BCUT2D eigenvalue weighted by Crippen LogP contribution is -1.97. The molecule has 4 heteroatoms. The number of benzene rings is 2. The minimum atomic E-state index is -0.254. The lowest BCUT2D eigenvalue weighted by molar-refractivity contribution is 0.182. The number of rotatable bonds is 9. The van der Waals surface area contributed by atoms with Crippen molar-refractivity contribution in [1.29, 1.82) is 0 Å². The Morgan fingerprint density at radius 2 is 1.63 bits per heavy atom. The summed E-state index contributed by atoms with van der Waals surface area (Å²) < 4.78 is 14.2. The summed E-state index contributed by atoms with van der Waals surface area (Å²) in [4.78, 5) is 8.80. The summed E-state index contributed by atoms with van der Waals surface area (Å²) in [5.41, 5.74) is 4.40. The van der Waals surface area contributed by atoms with Crippen LogP contribution >= 0.6 is 0 Å². The standard InChI is InChI=1S/C26H27FN2O/c1-3-7-22-14-15-23(16-25(22)27)20-10-12-21(13-11-20)24-17-28-26(29-18-24)9-6-4-5-8-19(2)30/h3,6,9-19,30H,1,4-5,7-8H2,2H3. The van der Waals surface area contributed by atoms with Crippen molar-refractivity contribution in [2.75, 3.05) is 0 Å². The highest BCUT2D eigenvalue weighted by Gasteiger charge is 2.05. The molecular formula is C26H27FN2O. The van der Waals surface area contributed by atoms with Crippen molar-refractivity contribution < 1.29 is 9.50 Å². The first-order chi connectivity index (χ1) is 14.6. The minimum absolute atomic E-state index is 0.209. The molecule has 154 valence electrons. The van der Waals surface area contributed by atoms with Gasteiger partial charge in [0.25, 0.3) is 0 Å². The summed E-state index contributed by atoms with van der Waals surface area (Å²) in [7, 11) is 0. The summed E-state index contributed by atoms with van der Waals surface area (Å²) in [6.45, 7) is 5.46. The highest BCUT2D eigenvalue weighted by Crippen LogP contribution is 2.26. The Bertz CT molecular complexity index is 993. The first-order valence-electron chi connectivity index (χ1n) is 10.2. The molecule has 3 nitrogen and oxygen atoms in total. The van der Waals surface area contributed by atoms with E-state index in [1.54, 1.807) is 31.5 Å². The van der Waals surface area contributed by atoms with Crippen molar-refractivity contribution in [3.05, 3.63) is 90.8 Å². The molecule has 1 aromatic heterocycles. The first-order valence-corrected chi connectivity index (χ1v) is 10.2.